The molecule has 136 valence electrons. The van der Waals surface area contributed by atoms with Gasteiger partial charge in [0.2, 0.25) is 0 Å². The van der Waals surface area contributed by atoms with Crippen LogP contribution in [-0.2, 0) is 6.42 Å². The quantitative estimate of drug-likeness (QED) is 0.671. The second kappa shape index (κ2) is 7.59. The average Bonchev–Trinajstić information content (AvgIpc) is 3.29. The van der Waals surface area contributed by atoms with E-state index >= 15 is 0 Å². The Hall–Kier alpha value is -2.19. The smallest absolute Gasteiger partial charge is 0.180 e. The second-order valence-corrected chi connectivity index (χ2v) is 7.92. The molecule has 8 heteroatoms. The van der Waals surface area contributed by atoms with E-state index in [1.165, 1.54) is 6.33 Å². The topological polar surface area (TPSA) is 87.7 Å². The zero-order chi connectivity index (χ0) is 17.9. The van der Waals surface area contributed by atoms with Gasteiger partial charge in [0.15, 0.2) is 11.4 Å². The number of aromatic amines is 1. The molecule has 1 aliphatic heterocycles. The molecule has 0 aliphatic carbocycles. The third-order valence-electron chi connectivity index (χ3n) is 4.89. The summed E-state index contributed by atoms with van der Waals surface area (Å²) in [6.45, 7) is 2.21. The van der Waals surface area contributed by atoms with Gasteiger partial charge in [0.05, 0.1) is 16.1 Å². The van der Waals surface area contributed by atoms with E-state index in [1.807, 2.05) is 0 Å². The maximum absolute atomic E-state index is 12.5. The first-order chi connectivity index (χ1) is 12.7. The third kappa shape index (κ3) is 3.81. The van der Waals surface area contributed by atoms with Crippen LogP contribution in [0.15, 0.2) is 18.7 Å². The zero-order valence-electron chi connectivity index (χ0n) is 14.8. The van der Waals surface area contributed by atoms with Gasteiger partial charge in [-0.25, -0.2) is 19.9 Å². The molecule has 0 amide bonds. The van der Waals surface area contributed by atoms with Crippen LogP contribution in [-0.4, -0.2) is 55.7 Å². The molecule has 0 aromatic carbocycles. The summed E-state index contributed by atoms with van der Waals surface area (Å²) in [6.07, 6.45) is 9.22. The number of nitrogens with zero attached hydrogens (tertiary/aromatic N) is 5. The van der Waals surface area contributed by atoms with Gasteiger partial charge in [0.25, 0.3) is 0 Å². The molecule has 0 spiro atoms. The fourth-order valence-corrected chi connectivity index (χ4v) is 4.38. The minimum atomic E-state index is 0.178. The number of ketones is 1. The highest BCUT2D eigenvalue weighted by Gasteiger charge is 2.22. The van der Waals surface area contributed by atoms with Gasteiger partial charge in [-0.3, -0.25) is 4.79 Å². The number of imidazole rings is 1. The van der Waals surface area contributed by atoms with Crippen molar-refractivity contribution in [3.63, 3.8) is 0 Å². The van der Waals surface area contributed by atoms with Gasteiger partial charge >= 0.3 is 0 Å². The molecule has 26 heavy (non-hydrogen) atoms. The molecular formula is C18H22N6OS. The zero-order valence-corrected chi connectivity index (χ0v) is 15.6. The molecule has 3 aromatic heterocycles. The number of carbonyl (C=O) groups is 1. The Kier molecular flexibility index (Phi) is 5.03. The fraction of sp³-hybridized carbons (Fsp3) is 0.500. The first-order valence-corrected chi connectivity index (χ1v) is 9.83. The van der Waals surface area contributed by atoms with E-state index < -0.39 is 0 Å². The van der Waals surface area contributed by atoms with Gasteiger partial charge in [0.1, 0.15) is 17.7 Å². The van der Waals surface area contributed by atoms with Crippen molar-refractivity contribution in [1.82, 2.24) is 29.8 Å². The molecule has 0 radical (unpaired) electrons. The number of Topliss-reactive ketones (excluding diaryl/α,β-unsaturated/α-hetero) is 1. The summed E-state index contributed by atoms with van der Waals surface area (Å²) < 4.78 is 0. The van der Waals surface area contributed by atoms with Crippen LogP contribution in [0.4, 0.5) is 0 Å². The van der Waals surface area contributed by atoms with Gasteiger partial charge in [0, 0.05) is 25.0 Å². The number of nitrogens with one attached hydrogen (secondary N) is 1. The lowest BCUT2D eigenvalue weighted by atomic mass is 9.98. The van der Waals surface area contributed by atoms with Crippen LogP contribution in [0.25, 0.3) is 11.2 Å². The summed E-state index contributed by atoms with van der Waals surface area (Å²) in [5.74, 6) is 1.54. The van der Waals surface area contributed by atoms with Gasteiger partial charge in [-0.05, 0) is 39.4 Å². The van der Waals surface area contributed by atoms with Crippen molar-refractivity contribution in [2.75, 3.05) is 20.1 Å². The van der Waals surface area contributed by atoms with Crippen molar-refractivity contribution in [2.45, 2.75) is 38.0 Å². The summed E-state index contributed by atoms with van der Waals surface area (Å²) in [5, 5.41) is 1.12. The number of piperidine rings is 1. The molecular weight excluding hydrogens is 348 g/mol. The van der Waals surface area contributed by atoms with Crippen LogP contribution < -0.4 is 0 Å². The first kappa shape index (κ1) is 17.2. The van der Waals surface area contributed by atoms with E-state index in [-0.39, 0.29) is 5.78 Å². The number of carbonyl (C=O) groups excluding carboxylic acids is 1. The monoisotopic (exact) mass is 370 g/mol. The Morgan fingerprint density at radius 2 is 2.15 bits per heavy atom. The van der Waals surface area contributed by atoms with E-state index in [4.69, 9.17) is 0 Å². The highest BCUT2D eigenvalue weighted by molar-refractivity contribution is 7.13. The van der Waals surface area contributed by atoms with E-state index in [9.17, 15) is 4.79 Å². The molecule has 1 aliphatic rings. The Labute approximate surface area is 155 Å². The summed E-state index contributed by atoms with van der Waals surface area (Å²) in [6, 6.07) is 0. The molecule has 0 saturated carbocycles. The van der Waals surface area contributed by atoms with Crippen molar-refractivity contribution in [3.05, 3.63) is 34.4 Å². The van der Waals surface area contributed by atoms with E-state index in [0.29, 0.717) is 18.0 Å². The first-order valence-electron chi connectivity index (χ1n) is 9.01. The Morgan fingerprint density at radius 3 is 2.96 bits per heavy atom. The highest BCUT2D eigenvalue weighted by Crippen LogP contribution is 2.31. The Balaban J connectivity index is 1.31. The average molecular weight is 370 g/mol. The minimum absolute atomic E-state index is 0.178. The molecule has 4 heterocycles. The Morgan fingerprint density at radius 1 is 1.31 bits per heavy atom. The summed E-state index contributed by atoms with van der Waals surface area (Å²) in [5.41, 5.74) is 1.51. The number of aryl methyl sites for hydroxylation is 1. The minimum Gasteiger partial charge on any atom is -0.339 e. The van der Waals surface area contributed by atoms with Crippen LogP contribution in [0.2, 0.25) is 0 Å². The molecule has 7 nitrogen and oxygen atoms in total. The third-order valence-corrected chi connectivity index (χ3v) is 6.10. The van der Waals surface area contributed by atoms with Crippen molar-refractivity contribution >= 4 is 28.3 Å². The maximum Gasteiger partial charge on any atom is 0.180 e. The number of H-pyrrole nitrogens is 1. The molecule has 0 atom stereocenters. The number of fused-ring (bicyclic) bond motifs is 1. The number of hydrogen-bond acceptors (Lipinski definition) is 7. The molecule has 1 fully saturated rings. The fourth-order valence-electron chi connectivity index (χ4n) is 3.33. The summed E-state index contributed by atoms with van der Waals surface area (Å²) >= 11 is 1.58. The largest absolute Gasteiger partial charge is 0.339 e. The van der Waals surface area contributed by atoms with Crippen LogP contribution >= 0.6 is 11.3 Å². The van der Waals surface area contributed by atoms with Gasteiger partial charge < -0.3 is 9.88 Å². The van der Waals surface area contributed by atoms with Crippen LogP contribution in [0.1, 0.15) is 52.1 Å². The number of likely N-dealkylation sites (tertiary alicyclic amines) is 1. The number of hydrogen-bond donors (Lipinski definition) is 1. The van der Waals surface area contributed by atoms with Gasteiger partial charge in [-0.15, -0.1) is 11.3 Å². The number of rotatable bonds is 6. The number of aromatic nitrogens is 5. The summed E-state index contributed by atoms with van der Waals surface area (Å²) in [7, 11) is 2.15. The SMILES string of the molecule is CN1CCC(c2ncc(C(=O)CCCc3nc4ncncc4[nH]3)s2)CC1. The van der Waals surface area contributed by atoms with Crippen LogP contribution in [0.3, 0.4) is 0 Å². The predicted molar refractivity (Wildman–Crippen MR) is 101 cm³/mol. The lowest BCUT2D eigenvalue weighted by molar-refractivity contribution is 0.0984. The predicted octanol–water partition coefficient (Wildman–Crippen LogP) is 2.82. The molecule has 3 aromatic rings. The lowest BCUT2D eigenvalue weighted by Gasteiger charge is -2.27. The van der Waals surface area contributed by atoms with E-state index in [2.05, 4.69) is 36.9 Å². The molecule has 1 saturated heterocycles. The molecule has 4 rings (SSSR count). The molecule has 0 bridgehead atoms. The van der Waals surface area contributed by atoms with Crippen LogP contribution in [0.5, 0.6) is 0 Å². The summed E-state index contributed by atoms with van der Waals surface area (Å²) in [4.78, 5) is 35.8. The highest BCUT2D eigenvalue weighted by atomic mass is 32.1. The lowest BCUT2D eigenvalue weighted by Crippen LogP contribution is -2.29. The van der Waals surface area contributed by atoms with Gasteiger partial charge in [-0.1, -0.05) is 0 Å². The van der Waals surface area contributed by atoms with Crippen LogP contribution in [0, 0.1) is 0 Å². The van der Waals surface area contributed by atoms with Crippen molar-refractivity contribution < 1.29 is 4.79 Å². The molecule has 0 unspecified atom stereocenters. The normalized spacial score (nSPS) is 16.3. The van der Waals surface area contributed by atoms with Crippen molar-refractivity contribution in [1.29, 1.82) is 0 Å². The van der Waals surface area contributed by atoms with E-state index in [0.717, 1.165) is 60.0 Å². The van der Waals surface area contributed by atoms with E-state index in [1.54, 1.807) is 23.7 Å². The van der Waals surface area contributed by atoms with Gasteiger partial charge in [-0.2, -0.15) is 0 Å². The number of thiazole rings is 1. The second-order valence-electron chi connectivity index (χ2n) is 6.86. The van der Waals surface area contributed by atoms with Crippen molar-refractivity contribution in [2.24, 2.45) is 0 Å². The Bertz CT molecular complexity index is 863. The van der Waals surface area contributed by atoms with Crippen molar-refractivity contribution in [3.8, 4) is 0 Å². The standard InChI is InChI=1S/C18H22N6OS/c1-24-7-5-12(6-8-24)18-20-10-15(26-18)14(25)3-2-4-16-22-13-9-19-11-21-17(13)23-16/h9-12H,2-8H2,1H3,(H,19,21,22,23). The molecule has 1 N–H and O–H groups in total. The maximum atomic E-state index is 12.5.